The van der Waals surface area contributed by atoms with Gasteiger partial charge in [-0.3, -0.25) is 9.59 Å². The molecule has 0 bridgehead atoms. The van der Waals surface area contributed by atoms with Gasteiger partial charge in [0.1, 0.15) is 0 Å². The Bertz CT molecular complexity index is 257. The summed E-state index contributed by atoms with van der Waals surface area (Å²) in [6.45, 7) is 3.97. The highest BCUT2D eigenvalue weighted by molar-refractivity contribution is 5.75. The van der Waals surface area contributed by atoms with E-state index in [4.69, 9.17) is 5.11 Å². The first-order chi connectivity index (χ1) is 6.38. The summed E-state index contributed by atoms with van der Waals surface area (Å²) in [5.41, 5.74) is -0.0583. The molecule has 0 amide bonds. The fourth-order valence-corrected chi connectivity index (χ4v) is 2.19. The molecule has 2 atom stereocenters. The van der Waals surface area contributed by atoms with Gasteiger partial charge in [0.15, 0.2) is 0 Å². The molecule has 4 heteroatoms. The lowest BCUT2D eigenvalue weighted by atomic mass is 9.54. The van der Waals surface area contributed by atoms with Crippen molar-refractivity contribution in [2.45, 2.75) is 26.7 Å². The van der Waals surface area contributed by atoms with Crippen LogP contribution in [0.3, 0.4) is 0 Å². The lowest BCUT2D eigenvalue weighted by Crippen LogP contribution is -2.48. The average molecular weight is 200 g/mol. The van der Waals surface area contributed by atoms with Gasteiger partial charge in [0, 0.05) is 6.42 Å². The molecule has 80 valence electrons. The highest BCUT2D eigenvalue weighted by Crippen LogP contribution is 2.52. The zero-order valence-corrected chi connectivity index (χ0v) is 8.74. The number of esters is 1. The topological polar surface area (TPSA) is 63.6 Å². The van der Waals surface area contributed by atoms with Crippen molar-refractivity contribution in [3.63, 3.8) is 0 Å². The molecule has 1 aliphatic carbocycles. The molecular formula is C10H16O4. The van der Waals surface area contributed by atoms with Gasteiger partial charge in [-0.05, 0) is 17.8 Å². The zero-order valence-electron chi connectivity index (χ0n) is 8.74. The number of hydrogen-bond donors (Lipinski definition) is 1. The predicted molar refractivity (Wildman–Crippen MR) is 49.6 cm³/mol. The summed E-state index contributed by atoms with van der Waals surface area (Å²) in [4.78, 5) is 21.9. The van der Waals surface area contributed by atoms with Gasteiger partial charge in [-0.2, -0.15) is 0 Å². The molecule has 14 heavy (non-hydrogen) atoms. The summed E-state index contributed by atoms with van der Waals surface area (Å²) < 4.78 is 4.55. The maximum Gasteiger partial charge on any atom is 0.306 e. The first-order valence-corrected chi connectivity index (χ1v) is 4.68. The van der Waals surface area contributed by atoms with E-state index in [-0.39, 0.29) is 29.6 Å². The largest absolute Gasteiger partial charge is 0.481 e. The van der Waals surface area contributed by atoms with Gasteiger partial charge < -0.3 is 9.84 Å². The number of aliphatic carboxylic acids is 1. The Labute approximate surface area is 83.2 Å². The summed E-state index contributed by atoms with van der Waals surface area (Å²) >= 11 is 0. The smallest absolute Gasteiger partial charge is 0.306 e. The monoisotopic (exact) mass is 200 g/mol. The number of ether oxygens (including phenoxy) is 1. The van der Waals surface area contributed by atoms with Gasteiger partial charge in [-0.1, -0.05) is 13.8 Å². The van der Waals surface area contributed by atoms with E-state index in [1.54, 1.807) is 0 Å². The van der Waals surface area contributed by atoms with Crippen molar-refractivity contribution in [3.8, 4) is 0 Å². The van der Waals surface area contributed by atoms with E-state index in [0.717, 1.165) is 0 Å². The lowest BCUT2D eigenvalue weighted by Gasteiger charge is -2.49. The Morgan fingerprint density at radius 2 is 2.07 bits per heavy atom. The second-order valence-electron chi connectivity index (χ2n) is 4.52. The standard InChI is InChI=1S/C10H16O4/c1-10(2)5-6(9(12)13)7(10)4-8(11)14-3/h6-7H,4-5H2,1-3H3,(H,12,13). The summed E-state index contributed by atoms with van der Waals surface area (Å²) in [6, 6.07) is 0. The van der Waals surface area contributed by atoms with Crippen LogP contribution >= 0.6 is 0 Å². The normalized spacial score (nSPS) is 29.1. The van der Waals surface area contributed by atoms with Crippen LogP contribution in [-0.4, -0.2) is 24.2 Å². The molecule has 0 radical (unpaired) electrons. The van der Waals surface area contributed by atoms with Crippen LogP contribution in [0.15, 0.2) is 0 Å². The van der Waals surface area contributed by atoms with Gasteiger partial charge in [0.05, 0.1) is 13.0 Å². The van der Waals surface area contributed by atoms with Crippen LogP contribution < -0.4 is 0 Å². The molecule has 1 fully saturated rings. The molecule has 0 spiro atoms. The lowest BCUT2D eigenvalue weighted by molar-refractivity contribution is -0.161. The van der Waals surface area contributed by atoms with Crippen LogP contribution in [0.25, 0.3) is 0 Å². The Morgan fingerprint density at radius 3 is 2.43 bits per heavy atom. The van der Waals surface area contributed by atoms with E-state index in [1.807, 2.05) is 13.8 Å². The summed E-state index contributed by atoms with van der Waals surface area (Å²) in [5.74, 6) is -1.61. The van der Waals surface area contributed by atoms with Gasteiger partial charge in [-0.15, -0.1) is 0 Å². The fourth-order valence-electron chi connectivity index (χ4n) is 2.19. The van der Waals surface area contributed by atoms with Crippen LogP contribution in [0.2, 0.25) is 0 Å². The highest BCUT2D eigenvalue weighted by Gasteiger charge is 2.51. The second kappa shape index (κ2) is 3.59. The SMILES string of the molecule is COC(=O)CC1C(C(=O)O)CC1(C)C. The van der Waals surface area contributed by atoms with E-state index >= 15 is 0 Å². The maximum absolute atomic E-state index is 11.1. The highest BCUT2D eigenvalue weighted by atomic mass is 16.5. The van der Waals surface area contributed by atoms with Gasteiger partial charge in [0.25, 0.3) is 0 Å². The third-order valence-corrected chi connectivity index (χ3v) is 3.17. The molecule has 1 N–H and O–H groups in total. The predicted octanol–water partition coefficient (Wildman–Crippen LogP) is 1.30. The molecular weight excluding hydrogens is 184 g/mol. The first-order valence-electron chi connectivity index (χ1n) is 4.68. The summed E-state index contributed by atoms with van der Waals surface area (Å²) in [5, 5.41) is 8.87. The maximum atomic E-state index is 11.1. The second-order valence-corrected chi connectivity index (χ2v) is 4.52. The Kier molecular flexibility index (Phi) is 2.83. The molecule has 0 aliphatic heterocycles. The van der Waals surface area contributed by atoms with E-state index in [1.165, 1.54) is 7.11 Å². The van der Waals surface area contributed by atoms with Crippen LogP contribution in [0, 0.1) is 17.3 Å². The summed E-state index contributed by atoms with van der Waals surface area (Å²) in [6.07, 6.45) is 0.852. The van der Waals surface area contributed by atoms with Crippen molar-refractivity contribution < 1.29 is 19.4 Å². The Balaban J connectivity index is 2.62. The molecule has 2 unspecified atom stereocenters. The van der Waals surface area contributed by atoms with Crippen molar-refractivity contribution in [3.05, 3.63) is 0 Å². The van der Waals surface area contributed by atoms with E-state index in [2.05, 4.69) is 4.74 Å². The Hall–Kier alpha value is -1.06. The van der Waals surface area contributed by atoms with Crippen molar-refractivity contribution in [1.82, 2.24) is 0 Å². The van der Waals surface area contributed by atoms with Gasteiger partial charge in [0.2, 0.25) is 0 Å². The van der Waals surface area contributed by atoms with E-state index < -0.39 is 5.97 Å². The van der Waals surface area contributed by atoms with Crippen LogP contribution in [-0.2, 0) is 14.3 Å². The van der Waals surface area contributed by atoms with Crippen molar-refractivity contribution in [2.75, 3.05) is 7.11 Å². The zero-order chi connectivity index (χ0) is 10.9. The number of methoxy groups -OCH3 is 1. The van der Waals surface area contributed by atoms with Crippen LogP contribution in [0.5, 0.6) is 0 Å². The van der Waals surface area contributed by atoms with Crippen LogP contribution in [0.1, 0.15) is 26.7 Å². The van der Waals surface area contributed by atoms with Crippen molar-refractivity contribution in [1.29, 1.82) is 0 Å². The molecule has 1 aliphatic rings. The minimum Gasteiger partial charge on any atom is -0.481 e. The number of hydrogen-bond acceptors (Lipinski definition) is 3. The summed E-state index contributed by atoms with van der Waals surface area (Å²) in [7, 11) is 1.32. The molecule has 0 saturated heterocycles. The van der Waals surface area contributed by atoms with Gasteiger partial charge >= 0.3 is 11.9 Å². The molecule has 0 aromatic rings. The van der Waals surface area contributed by atoms with E-state index in [0.29, 0.717) is 6.42 Å². The molecule has 4 nitrogen and oxygen atoms in total. The minimum absolute atomic E-state index is 0.0583. The number of carbonyl (C=O) groups excluding carboxylic acids is 1. The minimum atomic E-state index is -0.807. The third-order valence-electron chi connectivity index (χ3n) is 3.17. The number of carboxylic acids is 1. The number of carbonyl (C=O) groups is 2. The third kappa shape index (κ3) is 1.89. The van der Waals surface area contributed by atoms with Crippen LogP contribution in [0.4, 0.5) is 0 Å². The Morgan fingerprint density at radius 1 is 1.50 bits per heavy atom. The molecule has 1 rings (SSSR count). The van der Waals surface area contributed by atoms with Crippen molar-refractivity contribution in [2.24, 2.45) is 17.3 Å². The number of rotatable bonds is 3. The van der Waals surface area contributed by atoms with E-state index in [9.17, 15) is 9.59 Å². The molecule has 1 saturated carbocycles. The van der Waals surface area contributed by atoms with Gasteiger partial charge in [-0.25, -0.2) is 0 Å². The quantitative estimate of drug-likeness (QED) is 0.697. The molecule has 0 aromatic carbocycles. The number of carboxylic acid groups (broad SMARTS) is 1. The molecule has 0 heterocycles. The first kappa shape index (κ1) is 11.0. The van der Waals surface area contributed by atoms with Crippen molar-refractivity contribution >= 4 is 11.9 Å². The fraction of sp³-hybridized carbons (Fsp3) is 0.800. The average Bonchev–Trinajstić information content (AvgIpc) is 2.10. The molecule has 0 aromatic heterocycles.